The van der Waals surface area contributed by atoms with Gasteiger partial charge in [-0.25, -0.2) is 0 Å². The van der Waals surface area contributed by atoms with Crippen LogP contribution in [0.2, 0.25) is 0 Å². The Bertz CT molecular complexity index is 178. The second-order valence-corrected chi connectivity index (χ2v) is 2.71. The first-order valence-corrected chi connectivity index (χ1v) is 3.47. The van der Waals surface area contributed by atoms with Gasteiger partial charge in [0, 0.05) is 0 Å². The molecule has 0 aliphatic heterocycles. The summed E-state index contributed by atoms with van der Waals surface area (Å²) in [4.78, 5) is 0. The first-order chi connectivity index (χ1) is 4.12. The van der Waals surface area contributed by atoms with Crippen molar-refractivity contribution in [2.24, 2.45) is 0 Å². The second-order valence-electron chi connectivity index (χ2n) is 2.32. The van der Waals surface area contributed by atoms with E-state index in [1.807, 2.05) is 14.1 Å². The van der Waals surface area contributed by atoms with Crippen LogP contribution in [0.1, 0.15) is 0 Å². The molecular weight excluding hydrogens is 183 g/mol. The Hall–Kier alpha value is 1.93. The number of hydrogen-bond donors (Lipinski definition) is 1. The van der Waals surface area contributed by atoms with Crippen molar-refractivity contribution in [3.05, 3.63) is 0 Å². The van der Waals surface area contributed by atoms with Gasteiger partial charge in [-0.2, -0.15) is 0 Å². The SMILES string of the molecule is C[N+](C)(C#P=O)CCO.[Na+].[Na+]. The van der Waals surface area contributed by atoms with Crippen molar-refractivity contribution >= 4 is 7.92 Å². The third-order valence-electron chi connectivity index (χ3n) is 0.971. The Morgan fingerprint density at radius 2 is 1.91 bits per heavy atom. The molecule has 6 heteroatoms. The van der Waals surface area contributed by atoms with Gasteiger partial charge in [0.1, 0.15) is 0 Å². The van der Waals surface area contributed by atoms with Gasteiger partial charge in [-0.15, -0.1) is 0 Å². The number of rotatable bonds is 2. The zero-order valence-corrected chi connectivity index (χ0v) is 12.6. The van der Waals surface area contributed by atoms with Crippen molar-refractivity contribution in [2.45, 2.75) is 0 Å². The van der Waals surface area contributed by atoms with Crippen molar-refractivity contribution in [3.8, 4) is 5.75 Å². The van der Waals surface area contributed by atoms with Crippen molar-refractivity contribution in [1.82, 2.24) is 0 Å². The van der Waals surface area contributed by atoms with E-state index in [0.29, 0.717) is 11.0 Å². The standard InChI is InChI=1S/C5H11NO2P.2Na/c1-6(2,3-4-7)5-9-8;;/h7H,3-4H2,1-2H3;;/q3*+1. The number of nitrogens with zero attached hydrogens (tertiary/aromatic N) is 1. The summed E-state index contributed by atoms with van der Waals surface area (Å²) in [6.45, 7) is 0.644. The van der Waals surface area contributed by atoms with Crippen LogP contribution in [-0.4, -0.2) is 36.8 Å². The Labute approximate surface area is 113 Å². The van der Waals surface area contributed by atoms with Crippen LogP contribution in [0.15, 0.2) is 0 Å². The van der Waals surface area contributed by atoms with Gasteiger partial charge in [0.15, 0.2) is 0 Å². The van der Waals surface area contributed by atoms with E-state index in [1.165, 1.54) is 0 Å². The van der Waals surface area contributed by atoms with Crippen molar-refractivity contribution in [2.75, 3.05) is 27.2 Å². The van der Waals surface area contributed by atoms with Crippen molar-refractivity contribution in [1.29, 1.82) is 0 Å². The smallest absolute Gasteiger partial charge is 1.00 e. The van der Waals surface area contributed by atoms with E-state index in [-0.39, 0.29) is 73.6 Å². The zero-order chi connectivity index (χ0) is 7.33. The topological polar surface area (TPSA) is 37.3 Å². The third-order valence-corrected chi connectivity index (χ3v) is 1.59. The molecule has 0 atom stereocenters. The van der Waals surface area contributed by atoms with Crippen LogP contribution >= 0.6 is 7.92 Å². The Morgan fingerprint density at radius 1 is 1.45 bits per heavy atom. The molecule has 0 aromatic carbocycles. The predicted octanol–water partition coefficient (Wildman–Crippen LogP) is -5.73. The minimum atomic E-state index is -0.105. The van der Waals surface area contributed by atoms with E-state index in [4.69, 9.17) is 5.11 Å². The quantitative estimate of drug-likeness (QED) is 0.270. The minimum Gasteiger partial charge on any atom is 1.00 e. The maximum absolute atomic E-state index is 9.98. The van der Waals surface area contributed by atoms with Gasteiger partial charge >= 0.3 is 114 Å². The molecule has 0 rings (SSSR count). The van der Waals surface area contributed by atoms with Crippen molar-refractivity contribution in [3.63, 3.8) is 0 Å². The Morgan fingerprint density at radius 3 is 2.18 bits per heavy atom. The molecule has 0 fully saturated rings. The molecule has 11 heavy (non-hydrogen) atoms. The molecule has 0 amide bonds. The van der Waals surface area contributed by atoms with Crippen molar-refractivity contribution < 1.29 is 73.3 Å². The second kappa shape index (κ2) is 10.0. The first-order valence-electron chi connectivity index (χ1n) is 2.66. The van der Waals surface area contributed by atoms with Crippen LogP contribution in [0.3, 0.4) is 0 Å². The van der Waals surface area contributed by atoms with E-state index < -0.39 is 0 Å². The predicted molar refractivity (Wildman–Crippen MR) is 35.6 cm³/mol. The molecular formula is C5H11NNa2O2P+3. The zero-order valence-electron chi connectivity index (χ0n) is 7.66. The molecule has 0 unspecified atom stereocenters. The van der Waals surface area contributed by atoms with Gasteiger partial charge in [0.2, 0.25) is 0 Å². The molecule has 0 radical (unpaired) electrons. The summed E-state index contributed by atoms with van der Waals surface area (Å²) in [5.74, 6) is 2.62. The molecule has 0 aromatic rings. The van der Waals surface area contributed by atoms with E-state index in [2.05, 4.69) is 5.75 Å². The summed E-state index contributed by atoms with van der Waals surface area (Å²) < 4.78 is 10.3. The van der Waals surface area contributed by atoms with Gasteiger partial charge in [0.25, 0.3) is 0 Å². The largest absolute Gasteiger partial charge is 1.00 e. The van der Waals surface area contributed by atoms with Gasteiger partial charge < -0.3 is 0 Å². The fraction of sp³-hybridized carbons (Fsp3) is 0.800. The van der Waals surface area contributed by atoms with Crippen LogP contribution in [0.5, 0.6) is 0 Å². The average Bonchev–Trinajstić information content (AvgIpc) is 1.64. The maximum Gasteiger partial charge on any atom is 1.00 e. The summed E-state index contributed by atoms with van der Waals surface area (Å²) in [5.41, 5.74) is 0. The van der Waals surface area contributed by atoms with Gasteiger partial charge in [0.05, 0.1) is 0 Å². The normalized spacial score (nSPS) is 8.64. The molecule has 0 aliphatic rings. The summed E-state index contributed by atoms with van der Waals surface area (Å²) in [7, 11) is 3.54. The summed E-state index contributed by atoms with van der Waals surface area (Å²) >= 11 is 0. The van der Waals surface area contributed by atoms with Gasteiger partial charge in [-0.1, -0.05) is 0 Å². The molecule has 0 saturated carbocycles. The fourth-order valence-corrected chi connectivity index (χ4v) is 0.732. The summed E-state index contributed by atoms with van der Waals surface area (Å²) in [6, 6.07) is 0. The molecule has 0 bridgehead atoms. The first kappa shape index (κ1) is 18.7. The Kier molecular flexibility index (Phi) is 17.0. The van der Waals surface area contributed by atoms with Gasteiger partial charge in [-0.05, 0) is 0 Å². The van der Waals surface area contributed by atoms with Crippen LogP contribution in [0.25, 0.3) is 0 Å². The minimum absolute atomic E-state index is 0. The molecule has 0 saturated heterocycles. The van der Waals surface area contributed by atoms with E-state index in [9.17, 15) is 4.57 Å². The number of likely N-dealkylation sites (N-methyl/N-ethyl adjacent to an activating group) is 1. The molecule has 0 aromatic heterocycles. The number of aliphatic hydroxyl groups is 1. The molecule has 0 spiro atoms. The van der Waals surface area contributed by atoms with Crippen LogP contribution < -0.4 is 59.1 Å². The van der Waals surface area contributed by atoms with Crippen LogP contribution in [0.4, 0.5) is 0 Å². The van der Waals surface area contributed by atoms with Crippen LogP contribution in [-0.2, 0) is 4.57 Å². The summed E-state index contributed by atoms with van der Waals surface area (Å²) in [5, 5.41) is 8.47. The molecule has 3 nitrogen and oxygen atoms in total. The molecule has 0 heterocycles. The van der Waals surface area contributed by atoms with E-state index in [1.54, 1.807) is 0 Å². The number of hydrogen-bond acceptors (Lipinski definition) is 2. The molecule has 0 aliphatic carbocycles. The van der Waals surface area contributed by atoms with E-state index in [0.717, 1.165) is 0 Å². The molecule has 52 valence electrons. The monoisotopic (exact) mass is 194 g/mol. The number of aliphatic hydroxyl groups excluding tert-OH is 1. The third kappa shape index (κ3) is 11.9. The Balaban J connectivity index is -0.000000320. The average molecular weight is 194 g/mol. The van der Waals surface area contributed by atoms with Crippen LogP contribution in [0, 0.1) is 5.75 Å². The summed E-state index contributed by atoms with van der Waals surface area (Å²) in [6.07, 6.45) is 0. The van der Waals surface area contributed by atoms with E-state index >= 15 is 0 Å². The fourth-order valence-electron chi connectivity index (χ4n) is 0.411. The molecule has 1 N–H and O–H groups in total. The van der Waals surface area contributed by atoms with Gasteiger partial charge in [-0.3, -0.25) is 0 Å². The number of quaternary nitrogens is 1. The maximum atomic E-state index is 9.98.